The first kappa shape index (κ1) is 26.0. The number of alkyl halides is 4. The molecule has 1 saturated heterocycles. The van der Waals surface area contributed by atoms with Crippen molar-refractivity contribution in [2.75, 3.05) is 18.8 Å². The van der Waals surface area contributed by atoms with Gasteiger partial charge in [-0.3, -0.25) is 14.6 Å². The predicted molar refractivity (Wildman–Crippen MR) is 129 cm³/mol. The summed E-state index contributed by atoms with van der Waals surface area (Å²) in [5, 5.41) is 6.31. The zero-order chi connectivity index (χ0) is 28.1. The van der Waals surface area contributed by atoms with E-state index in [0.717, 1.165) is 23.0 Å². The number of carbonyl (C=O) groups is 2. The number of nitrogen functional groups attached to an aromatic ring is 1. The highest BCUT2D eigenvalue weighted by Gasteiger charge is 2.38. The van der Waals surface area contributed by atoms with Crippen LogP contribution in [0.15, 0.2) is 49.1 Å². The Bertz CT molecular complexity index is 1590. The third kappa shape index (κ3) is 4.73. The van der Waals surface area contributed by atoms with E-state index in [2.05, 4.69) is 20.4 Å². The first-order valence-electron chi connectivity index (χ1n) is 11.6. The van der Waals surface area contributed by atoms with Gasteiger partial charge < -0.3 is 16.0 Å². The highest BCUT2D eigenvalue weighted by atomic mass is 19.4. The molecule has 9 nitrogen and oxygen atoms in total. The Labute approximate surface area is 217 Å². The predicted octanol–water partition coefficient (Wildman–Crippen LogP) is 3.43. The van der Waals surface area contributed by atoms with Crippen LogP contribution in [0.5, 0.6) is 0 Å². The van der Waals surface area contributed by atoms with E-state index in [0.29, 0.717) is 0 Å². The van der Waals surface area contributed by atoms with Crippen LogP contribution < -0.4 is 11.1 Å². The minimum Gasteiger partial charge on any atom is -0.382 e. The number of carbonyl (C=O) groups excluding carboxylic acids is 2. The molecule has 2 atom stereocenters. The maximum atomic E-state index is 14.9. The quantitative estimate of drug-likeness (QED) is 0.380. The average molecular weight is 545 g/mol. The topological polar surface area (TPSA) is 119 Å². The van der Waals surface area contributed by atoms with Gasteiger partial charge in [0.05, 0.1) is 29.4 Å². The van der Waals surface area contributed by atoms with Crippen LogP contribution in [-0.2, 0) is 6.18 Å². The van der Waals surface area contributed by atoms with E-state index in [1.807, 2.05) is 0 Å². The second kappa shape index (κ2) is 9.60. The van der Waals surface area contributed by atoms with Gasteiger partial charge in [0, 0.05) is 30.1 Å². The van der Waals surface area contributed by atoms with Crippen LogP contribution >= 0.6 is 0 Å². The minimum absolute atomic E-state index is 0.0940. The van der Waals surface area contributed by atoms with Gasteiger partial charge in [-0.15, -0.1) is 0 Å². The Hall–Kier alpha value is -4.62. The van der Waals surface area contributed by atoms with E-state index in [1.54, 1.807) is 6.07 Å². The normalized spacial score (nSPS) is 17.5. The molecule has 0 bridgehead atoms. The van der Waals surface area contributed by atoms with Gasteiger partial charge in [-0.2, -0.15) is 18.3 Å². The molecule has 3 N–H and O–H groups in total. The van der Waals surface area contributed by atoms with E-state index in [4.69, 9.17) is 5.73 Å². The van der Waals surface area contributed by atoms with Crippen molar-refractivity contribution < 1.29 is 31.5 Å². The molecule has 4 heterocycles. The summed E-state index contributed by atoms with van der Waals surface area (Å²) >= 11 is 0. The fraction of sp³-hybridized carbons (Fsp3) is 0.240. The van der Waals surface area contributed by atoms with Gasteiger partial charge in [-0.1, -0.05) is 0 Å². The average Bonchev–Trinajstić information content (AvgIpc) is 3.47. The number of benzene rings is 1. The summed E-state index contributed by atoms with van der Waals surface area (Å²) in [6.07, 6.45) is -2.65. The van der Waals surface area contributed by atoms with Crippen LogP contribution in [0.2, 0.25) is 0 Å². The monoisotopic (exact) mass is 545 g/mol. The van der Waals surface area contributed by atoms with Crippen molar-refractivity contribution in [1.29, 1.82) is 0 Å². The van der Waals surface area contributed by atoms with Crippen molar-refractivity contribution in [3.63, 3.8) is 0 Å². The van der Waals surface area contributed by atoms with E-state index < -0.39 is 52.9 Å². The highest BCUT2D eigenvalue weighted by molar-refractivity contribution is 5.98. The van der Waals surface area contributed by atoms with Gasteiger partial charge in [-0.25, -0.2) is 18.3 Å². The number of hydrogen-bond donors (Lipinski definition) is 2. The van der Waals surface area contributed by atoms with Crippen molar-refractivity contribution in [3.05, 3.63) is 77.1 Å². The number of aromatic nitrogens is 4. The summed E-state index contributed by atoms with van der Waals surface area (Å²) in [5.41, 5.74) is 3.68. The summed E-state index contributed by atoms with van der Waals surface area (Å²) in [6, 6.07) is 4.89. The van der Waals surface area contributed by atoms with Crippen LogP contribution in [0.25, 0.3) is 16.8 Å². The molecule has 202 valence electrons. The summed E-state index contributed by atoms with van der Waals surface area (Å²) in [4.78, 5) is 34.5. The van der Waals surface area contributed by atoms with E-state index in [-0.39, 0.29) is 41.0 Å². The van der Waals surface area contributed by atoms with E-state index in [1.165, 1.54) is 36.4 Å². The number of amides is 2. The first-order valence-corrected chi connectivity index (χ1v) is 11.6. The number of hydrogen-bond acceptors (Lipinski definition) is 6. The van der Waals surface area contributed by atoms with E-state index in [9.17, 15) is 31.5 Å². The molecule has 1 fully saturated rings. The number of pyridine rings is 1. The summed E-state index contributed by atoms with van der Waals surface area (Å²) in [5.74, 6) is -2.63. The molecular formula is C25H20F5N7O2. The second-order valence-corrected chi connectivity index (χ2v) is 9.03. The van der Waals surface area contributed by atoms with Crippen LogP contribution in [-0.4, -0.2) is 61.6 Å². The van der Waals surface area contributed by atoms with Crippen LogP contribution in [0.1, 0.15) is 31.8 Å². The third-order valence-corrected chi connectivity index (χ3v) is 6.53. The largest absolute Gasteiger partial charge is 0.418 e. The molecule has 39 heavy (non-hydrogen) atoms. The van der Waals surface area contributed by atoms with Crippen LogP contribution in [0.4, 0.5) is 27.8 Å². The lowest BCUT2D eigenvalue weighted by molar-refractivity contribution is -0.136. The highest BCUT2D eigenvalue weighted by Crippen LogP contribution is 2.39. The first-order chi connectivity index (χ1) is 18.5. The standard InChI is InChI=1S/C25H20F5N7O2/c1-12-15(23(38)35-19-10-36(9-18(19)27)24(39)13-3-2-4-32-8-13)5-14(6-17(12)26)20-7-16(25(28,29)30)21-22(31)33-11-34-37(20)21/h2-8,11,18-19H,9-10H2,1H3,(H,35,38)(H2,31,33,34)/t18-,19+/m0/s1. The number of halogens is 5. The summed E-state index contributed by atoms with van der Waals surface area (Å²) in [6.45, 7) is 0.894. The number of nitrogens with two attached hydrogens (primary N) is 1. The molecule has 0 aliphatic carbocycles. The number of nitrogens with one attached hydrogen (secondary N) is 1. The Balaban J connectivity index is 1.45. The van der Waals surface area contributed by atoms with Crippen molar-refractivity contribution in [1.82, 2.24) is 29.8 Å². The molecule has 1 aliphatic heterocycles. The number of anilines is 1. The number of fused-ring (bicyclic) bond motifs is 1. The fourth-order valence-corrected chi connectivity index (χ4v) is 4.54. The SMILES string of the molecule is Cc1c(F)cc(-c2cc(C(F)(F)F)c3c(N)ncnn23)cc1C(=O)N[C@@H]1CN(C(=O)c2cccnc2)C[C@@H]1F. The number of nitrogens with zero attached hydrogens (tertiary/aromatic N) is 5. The molecule has 0 saturated carbocycles. The molecule has 4 aromatic rings. The summed E-state index contributed by atoms with van der Waals surface area (Å²) < 4.78 is 71.8. The Morgan fingerprint density at radius 1 is 1.18 bits per heavy atom. The van der Waals surface area contributed by atoms with Crippen molar-refractivity contribution >= 4 is 23.1 Å². The summed E-state index contributed by atoms with van der Waals surface area (Å²) in [7, 11) is 0. The van der Waals surface area contributed by atoms with Crippen LogP contribution in [0.3, 0.4) is 0 Å². The Kier molecular flexibility index (Phi) is 6.40. The van der Waals surface area contributed by atoms with Crippen molar-refractivity contribution in [2.24, 2.45) is 0 Å². The Morgan fingerprint density at radius 3 is 2.64 bits per heavy atom. The fourth-order valence-electron chi connectivity index (χ4n) is 4.54. The maximum Gasteiger partial charge on any atom is 0.418 e. The Morgan fingerprint density at radius 2 is 1.95 bits per heavy atom. The molecule has 0 spiro atoms. The lowest BCUT2D eigenvalue weighted by Gasteiger charge is -2.18. The molecule has 1 aromatic carbocycles. The molecule has 2 amide bonds. The van der Waals surface area contributed by atoms with Gasteiger partial charge in [0.2, 0.25) is 0 Å². The number of likely N-dealkylation sites (tertiary alicyclic amines) is 1. The maximum absolute atomic E-state index is 14.9. The van der Waals surface area contributed by atoms with Gasteiger partial charge in [0.15, 0.2) is 5.82 Å². The van der Waals surface area contributed by atoms with Gasteiger partial charge in [0.1, 0.15) is 23.8 Å². The van der Waals surface area contributed by atoms with Gasteiger partial charge in [0.25, 0.3) is 11.8 Å². The molecule has 3 aromatic heterocycles. The molecule has 0 radical (unpaired) electrons. The smallest absolute Gasteiger partial charge is 0.382 e. The molecular weight excluding hydrogens is 525 g/mol. The zero-order valence-electron chi connectivity index (χ0n) is 20.2. The van der Waals surface area contributed by atoms with Crippen molar-refractivity contribution in [3.8, 4) is 11.3 Å². The lowest BCUT2D eigenvalue weighted by Crippen LogP contribution is -2.42. The minimum atomic E-state index is -4.82. The molecule has 14 heteroatoms. The second-order valence-electron chi connectivity index (χ2n) is 9.03. The van der Waals surface area contributed by atoms with Gasteiger partial charge >= 0.3 is 6.18 Å². The molecule has 5 rings (SSSR count). The third-order valence-electron chi connectivity index (χ3n) is 6.53. The molecule has 0 unspecified atom stereocenters. The molecule has 1 aliphatic rings. The number of rotatable bonds is 4. The zero-order valence-corrected chi connectivity index (χ0v) is 20.2. The lowest BCUT2D eigenvalue weighted by atomic mass is 10.0. The van der Waals surface area contributed by atoms with Crippen LogP contribution in [0, 0.1) is 12.7 Å². The van der Waals surface area contributed by atoms with Gasteiger partial charge in [-0.05, 0) is 42.8 Å². The van der Waals surface area contributed by atoms with E-state index >= 15 is 0 Å². The van der Waals surface area contributed by atoms with Crippen molar-refractivity contribution in [2.45, 2.75) is 25.3 Å².